The molecule has 19 heavy (non-hydrogen) atoms. The van der Waals surface area contributed by atoms with E-state index in [0.717, 1.165) is 19.3 Å². The minimum Gasteiger partial charge on any atom is -0.338 e. The first-order chi connectivity index (χ1) is 9.00. The van der Waals surface area contributed by atoms with Crippen molar-refractivity contribution in [2.75, 3.05) is 7.05 Å². The number of amides is 1. The molecule has 0 saturated heterocycles. The average Bonchev–Trinajstić information content (AvgIpc) is 2.40. The third-order valence-corrected chi connectivity index (χ3v) is 4.34. The van der Waals surface area contributed by atoms with Crippen LogP contribution in [0.1, 0.15) is 43.0 Å². The lowest BCUT2D eigenvalue weighted by Crippen LogP contribution is -2.42. The van der Waals surface area contributed by atoms with E-state index < -0.39 is 5.82 Å². The van der Waals surface area contributed by atoms with Crippen molar-refractivity contribution < 1.29 is 9.18 Å². The highest BCUT2D eigenvalue weighted by Crippen LogP contribution is 2.28. The van der Waals surface area contributed by atoms with E-state index in [0.29, 0.717) is 10.8 Å². The van der Waals surface area contributed by atoms with E-state index in [2.05, 4.69) is 19.6 Å². The Morgan fingerprint density at radius 3 is 2.74 bits per heavy atom. The van der Waals surface area contributed by atoms with E-state index in [4.69, 9.17) is 0 Å². The molecule has 1 aliphatic carbocycles. The lowest BCUT2D eigenvalue weighted by atomic mass is 9.85. The lowest BCUT2D eigenvalue weighted by Gasteiger charge is -2.36. The molecule has 104 valence electrons. The third-order valence-electron chi connectivity index (χ3n) is 4.06. The van der Waals surface area contributed by atoms with Crippen molar-refractivity contribution >= 4 is 18.5 Å². The molecule has 1 amide bonds. The molecular weight excluding hydrogens is 261 g/mol. The fraction of sp³-hybridized carbons (Fsp3) is 0.533. The lowest BCUT2D eigenvalue weighted by molar-refractivity contribution is 0.0624. The van der Waals surface area contributed by atoms with Gasteiger partial charge in [-0.15, -0.1) is 12.6 Å². The number of nitrogens with zero attached hydrogens (tertiary/aromatic N) is 1. The summed E-state index contributed by atoms with van der Waals surface area (Å²) in [6.07, 6.45) is 4.50. The molecule has 0 aromatic heterocycles. The van der Waals surface area contributed by atoms with Crippen molar-refractivity contribution in [1.82, 2.24) is 4.90 Å². The van der Waals surface area contributed by atoms with Crippen molar-refractivity contribution in [1.29, 1.82) is 0 Å². The third kappa shape index (κ3) is 3.11. The van der Waals surface area contributed by atoms with Crippen LogP contribution in [0.25, 0.3) is 0 Å². The quantitative estimate of drug-likeness (QED) is 0.818. The zero-order chi connectivity index (χ0) is 14.0. The summed E-state index contributed by atoms with van der Waals surface area (Å²) in [5.74, 6) is -0.241. The Bertz CT molecular complexity index is 477. The largest absolute Gasteiger partial charge is 0.338 e. The number of halogens is 1. The molecule has 0 spiro atoms. The van der Waals surface area contributed by atoms with Crippen molar-refractivity contribution in [2.45, 2.75) is 43.5 Å². The first-order valence-corrected chi connectivity index (χ1v) is 7.21. The summed E-state index contributed by atoms with van der Waals surface area (Å²) in [5.41, 5.74) is 0.118. The van der Waals surface area contributed by atoms with Crippen LogP contribution in [0.4, 0.5) is 4.39 Å². The summed E-state index contributed by atoms with van der Waals surface area (Å²) in [7, 11) is 1.78. The molecule has 0 aliphatic heterocycles. The SMILES string of the molecule is CC1CCCCC1N(C)C(=O)c1cc(S)ccc1F. The zero-order valence-corrected chi connectivity index (χ0v) is 12.3. The molecule has 2 nitrogen and oxygen atoms in total. The van der Waals surface area contributed by atoms with E-state index in [9.17, 15) is 9.18 Å². The maximum Gasteiger partial charge on any atom is 0.256 e. The fourth-order valence-corrected chi connectivity index (χ4v) is 3.09. The summed E-state index contributed by atoms with van der Waals surface area (Å²) in [6.45, 7) is 2.17. The molecule has 1 aromatic carbocycles. The number of carbonyl (C=O) groups excluding carboxylic acids is 1. The van der Waals surface area contributed by atoms with Gasteiger partial charge in [0, 0.05) is 18.0 Å². The van der Waals surface area contributed by atoms with E-state index in [1.807, 2.05) is 0 Å². The first kappa shape index (κ1) is 14.4. The summed E-state index contributed by atoms with van der Waals surface area (Å²) < 4.78 is 13.8. The summed E-state index contributed by atoms with van der Waals surface area (Å²) in [6, 6.07) is 4.57. The molecule has 0 bridgehead atoms. The van der Waals surface area contributed by atoms with Crippen LogP contribution in [0.3, 0.4) is 0 Å². The van der Waals surface area contributed by atoms with Crippen molar-refractivity contribution in [3.63, 3.8) is 0 Å². The molecule has 0 N–H and O–H groups in total. The van der Waals surface area contributed by atoms with Gasteiger partial charge < -0.3 is 4.90 Å². The highest BCUT2D eigenvalue weighted by Gasteiger charge is 2.29. The number of hydrogen-bond acceptors (Lipinski definition) is 2. The summed E-state index contributed by atoms with van der Waals surface area (Å²) in [4.78, 5) is 14.7. The smallest absolute Gasteiger partial charge is 0.256 e. The van der Waals surface area contributed by atoms with Gasteiger partial charge in [-0.2, -0.15) is 0 Å². The molecule has 2 atom stereocenters. The zero-order valence-electron chi connectivity index (χ0n) is 11.4. The Kier molecular flexibility index (Phi) is 4.50. The van der Waals surface area contributed by atoms with E-state index in [1.54, 1.807) is 18.0 Å². The maximum atomic E-state index is 13.8. The maximum absolute atomic E-state index is 13.8. The van der Waals surface area contributed by atoms with Crippen LogP contribution >= 0.6 is 12.6 Å². The van der Waals surface area contributed by atoms with Crippen LogP contribution in [0, 0.1) is 11.7 Å². The number of thiol groups is 1. The fourth-order valence-electron chi connectivity index (χ4n) is 2.89. The highest BCUT2D eigenvalue weighted by atomic mass is 32.1. The van der Waals surface area contributed by atoms with Crippen molar-refractivity contribution in [3.8, 4) is 0 Å². The molecule has 1 aromatic rings. The minimum absolute atomic E-state index is 0.118. The van der Waals surface area contributed by atoms with E-state index >= 15 is 0 Å². The normalized spacial score (nSPS) is 23.2. The molecular formula is C15H20FNOS. The van der Waals surface area contributed by atoms with Crippen LogP contribution in [-0.2, 0) is 0 Å². The van der Waals surface area contributed by atoms with Crippen LogP contribution < -0.4 is 0 Å². The van der Waals surface area contributed by atoms with Gasteiger partial charge in [0.15, 0.2) is 0 Å². The Hall–Kier alpha value is -1.03. The van der Waals surface area contributed by atoms with Crippen molar-refractivity contribution in [2.24, 2.45) is 5.92 Å². The van der Waals surface area contributed by atoms with E-state index in [-0.39, 0.29) is 17.5 Å². The second-order valence-electron chi connectivity index (χ2n) is 5.41. The van der Waals surface area contributed by atoms with Gasteiger partial charge in [0.1, 0.15) is 5.82 Å². The molecule has 2 rings (SSSR count). The Labute approximate surface area is 119 Å². The van der Waals surface area contributed by atoms with Crippen LogP contribution in [0.2, 0.25) is 0 Å². The van der Waals surface area contributed by atoms with Crippen LogP contribution in [-0.4, -0.2) is 23.9 Å². The van der Waals surface area contributed by atoms with Gasteiger partial charge in [-0.05, 0) is 37.0 Å². The second-order valence-corrected chi connectivity index (χ2v) is 5.93. The minimum atomic E-state index is -0.474. The predicted molar refractivity (Wildman–Crippen MR) is 77.2 cm³/mol. The molecule has 2 unspecified atom stereocenters. The Morgan fingerprint density at radius 1 is 1.37 bits per heavy atom. The number of benzene rings is 1. The molecule has 0 heterocycles. The molecule has 0 radical (unpaired) electrons. The molecule has 1 saturated carbocycles. The van der Waals surface area contributed by atoms with Crippen molar-refractivity contribution in [3.05, 3.63) is 29.6 Å². The second kappa shape index (κ2) is 5.95. The van der Waals surface area contributed by atoms with Crippen LogP contribution in [0.5, 0.6) is 0 Å². The van der Waals surface area contributed by atoms with Gasteiger partial charge in [0.05, 0.1) is 5.56 Å². The van der Waals surface area contributed by atoms with Gasteiger partial charge in [-0.1, -0.05) is 19.8 Å². The number of hydrogen-bond donors (Lipinski definition) is 1. The standard InChI is InChI=1S/C15H20FNOS/c1-10-5-3-4-6-14(10)17(2)15(18)12-9-11(19)7-8-13(12)16/h7-10,14,19H,3-6H2,1-2H3. The highest BCUT2D eigenvalue weighted by molar-refractivity contribution is 7.80. The monoisotopic (exact) mass is 281 g/mol. The molecule has 1 fully saturated rings. The van der Waals surface area contributed by atoms with Gasteiger partial charge in [0.2, 0.25) is 0 Å². The Morgan fingerprint density at radius 2 is 2.05 bits per heavy atom. The van der Waals surface area contributed by atoms with Crippen LogP contribution in [0.15, 0.2) is 23.1 Å². The number of rotatable bonds is 2. The average molecular weight is 281 g/mol. The van der Waals surface area contributed by atoms with Gasteiger partial charge >= 0.3 is 0 Å². The Balaban J connectivity index is 2.20. The van der Waals surface area contributed by atoms with Gasteiger partial charge in [0.25, 0.3) is 5.91 Å². The molecule has 1 aliphatic rings. The van der Waals surface area contributed by atoms with Gasteiger partial charge in [-0.25, -0.2) is 4.39 Å². The topological polar surface area (TPSA) is 20.3 Å². The predicted octanol–water partition coefficient (Wildman–Crippen LogP) is 3.77. The van der Waals surface area contributed by atoms with E-state index in [1.165, 1.54) is 18.6 Å². The summed E-state index contributed by atoms with van der Waals surface area (Å²) in [5, 5.41) is 0. The molecule has 4 heteroatoms. The number of carbonyl (C=O) groups is 1. The first-order valence-electron chi connectivity index (χ1n) is 6.76. The van der Waals surface area contributed by atoms with Gasteiger partial charge in [-0.3, -0.25) is 4.79 Å². The summed E-state index contributed by atoms with van der Waals surface area (Å²) >= 11 is 4.17.